The van der Waals surface area contributed by atoms with Gasteiger partial charge in [-0.15, -0.1) is 11.3 Å². The normalized spacial score (nSPS) is 18.6. The van der Waals surface area contributed by atoms with Crippen LogP contribution >= 0.6 is 11.3 Å². The number of carbonyl (C=O) groups is 1. The minimum absolute atomic E-state index is 0.366. The number of piperazine rings is 1. The molecule has 0 amide bonds. The first-order valence-corrected chi connectivity index (χ1v) is 8.58. The van der Waals surface area contributed by atoms with E-state index in [4.69, 9.17) is 5.11 Å². The molecule has 2 rings (SSSR count). The van der Waals surface area contributed by atoms with Gasteiger partial charge in [0, 0.05) is 32.7 Å². The topological polar surface area (TPSA) is 77.9 Å². The van der Waals surface area contributed by atoms with Crippen LogP contribution in [0.4, 0.5) is 0 Å². The third-order valence-corrected chi connectivity index (χ3v) is 5.38. The summed E-state index contributed by atoms with van der Waals surface area (Å²) in [6.45, 7) is 2.74. The molecule has 2 heterocycles. The maximum absolute atomic E-state index is 11.4. The predicted octanol–water partition coefficient (Wildman–Crippen LogP) is 0.524. The molecular weight excluding hydrogens is 288 g/mol. The fourth-order valence-corrected chi connectivity index (χ4v) is 3.69. The Bertz CT molecular complexity index is 559. The van der Waals surface area contributed by atoms with E-state index in [2.05, 4.69) is 4.90 Å². The second-order valence-corrected chi connectivity index (χ2v) is 7.42. The lowest BCUT2D eigenvalue weighted by Crippen LogP contribution is -2.47. The predicted molar refractivity (Wildman–Crippen MR) is 73.0 cm³/mol. The lowest BCUT2D eigenvalue weighted by molar-refractivity contribution is 0.0699. The van der Waals surface area contributed by atoms with Crippen LogP contribution in [0.15, 0.2) is 11.4 Å². The van der Waals surface area contributed by atoms with E-state index in [1.54, 1.807) is 5.38 Å². The van der Waals surface area contributed by atoms with Gasteiger partial charge in [-0.3, -0.25) is 4.90 Å². The summed E-state index contributed by atoms with van der Waals surface area (Å²) in [4.78, 5) is 13.5. The number of sulfonamides is 1. The van der Waals surface area contributed by atoms with E-state index in [1.165, 1.54) is 21.9 Å². The molecule has 8 heteroatoms. The van der Waals surface area contributed by atoms with Crippen LogP contribution in [0.1, 0.15) is 15.2 Å². The van der Waals surface area contributed by atoms with E-state index in [9.17, 15) is 13.2 Å². The van der Waals surface area contributed by atoms with E-state index in [0.717, 1.165) is 5.56 Å². The zero-order valence-electron chi connectivity index (χ0n) is 10.6. The highest BCUT2D eigenvalue weighted by Crippen LogP contribution is 2.19. The molecule has 0 aliphatic carbocycles. The van der Waals surface area contributed by atoms with Crippen molar-refractivity contribution >= 4 is 27.3 Å². The van der Waals surface area contributed by atoms with Gasteiger partial charge in [0.15, 0.2) is 0 Å². The molecule has 0 atom stereocenters. The van der Waals surface area contributed by atoms with Crippen LogP contribution in [0.3, 0.4) is 0 Å². The Morgan fingerprint density at radius 2 is 2.00 bits per heavy atom. The maximum atomic E-state index is 11.4. The van der Waals surface area contributed by atoms with Crippen molar-refractivity contribution in [2.24, 2.45) is 0 Å². The van der Waals surface area contributed by atoms with Gasteiger partial charge in [0.1, 0.15) is 4.88 Å². The number of hydrogen-bond acceptors (Lipinski definition) is 5. The molecule has 0 bridgehead atoms. The quantitative estimate of drug-likeness (QED) is 0.877. The first kappa shape index (κ1) is 14.4. The fourth-order valence-electron chi connectivity index (χ4n) is 2.11. The summed E-state index contributed by atoms with van der Waals surface area (Å²) in [7, 11) is -3.12. The summed E-state index contributed by atoms with van der Waals surface area (Å²) in [5, 5.41) is 10.8. The summed E-state index contributed by atoms with van der Waals surface area (Å²) in [5.41, 5.74) is 0.797. The zero-order chi connectivity index (χ0) is 14.0. The molecule has 106 valence electrons. The van der Waals surface area contributed by atoms with Crippen LogP contribution in [0.5, 0.6) is 0 Å². The van der Waals surface area contributed by atoms with Crippen LogP contribution in [-0.2, 0) is 16.6 Å². The van der Waals surface area contributed by atoms with Crippen LogP contribution in [0.25, 0.3) is 0 Å². The SMILES string of the molecule is CS(=O)(=O)N1CCN(Cc2ccsc2C(=O)O)CC1. The van der Waals surface area contributed by atoms with E-state index in [0.29, 0.717) is 37.6 Å². The Hall–Kier alpha value is -0.960. The van der Waals surface area contributed by atoms with Gasteiger partial charge < -0.3 is 5.11 Å². The first-order valence-electron chi connectivity index (χ1n) is 5.85. The van der Waals surface area contributed by atoms with Crippen molar-refractivity contribution in [3.63, 3.8) is 0 Å². The van der Waals surface area contributed by atoms with E-state index >= 15 is 0 Å². The van der Waals surface area contributed by atoms with Crippen molar-refractivity contribution in [1.82, 2.24) is 9.21 Å². The average Bonchev–Trinajstić information content (AvgIpc) is 2.77. The Morgan fingerprint density at radius 1 is 1.37 bits per heavy atom. The number of hydrogen-bond donors (Lipinski definition) is 1. The average molecular weight is 304 g/mol. The van der Waals surface area contributed by atoms with E-state index in [1.807, 2.05) is 6.07 Å². The van der Waals surface area contributed by atoms with E-state index in [-0.39, 0.29) is 0 Å². The number of carboxylic acid groups (broad SMARTS) is 1. The molecular formula is C11H16N2O4S2. The molecule has 0 spiro atoms. The number of thiophene rings is 1. The Kier molecular flexibility index (Phi) is 4.24. The van der Waals surface area contributed by atoms with Crippen LogP contribution in [-0.4, -0.2) is 61.1 Å². The standard InChI is InChI=1S/C11H16N2O4S2/c1-19(16,17)13-5-3-12(4-6-13)8-9-2-7-18-10(9)11(14)15/h2,7H,3-6,8H2,1H3,(H,14,15). The smallest absolute Gasteiger partial charge is 0.346 e. The molecule has 6 nitrogen and oxygen atoms in total. The highest BCUT2D eigenvalue weighted by atomic mass is 32.2. The largest absolute Gasteiger partial charge is 0.477 e. The fraction of sp³-hybridized carbons (Fsp3) is 0.545. The molecule has 1 aliphatic heterocycles. The van der Waals surface area contributed by atoms with Gasteiger partial charge in [-0.1, -0.05) is 0 Å². The third kappa shape index (κ3) is 3.53. The summed E-state index contributed by atoms with van der Waals surface area (Å²) < 4.78 is 24.2. The Balaban J connectivity index is 1.96. The molecule has 1 aromatic heterocycles. The minimum Gasteiger partial charge on any atom is -0.477 e. The summed E-state index contributed by atoms with van der Waals surface area (Å²) in [6.07, 6.45) is 1.21. The highest BCUT2D eigenvalue weighted by molar-refractivity contribution is 7.88. The molecule has 1 aromatic rings. The van der Waals surface area contributed by atoms with Crippen molar-refractivity contribution in [2.75, 3.05) is 32.4 Å². The Morgan fingerprint density at radius 3 is 2.53 bits per heavy atom. The lowest BCUT2D eigenvalue weighted by atomic mass is 10.2. The van der Waals surface area contributed by atoms with Gasteiger partial charge in [0.25, 0.3) is 0 Å². The van der Waals surface area contributed by atoms with Gasteiger partial charge in [0.05, 0.1) is 6.26 Å². The third-order valence-electron chi connectivity index (χ3n) is 3.14. The Labute approximate surface area is 116 Å². The summed E-state index contributed by atoms with van der Waals surface area (Å²) in [5.74, 6) is -0.903. The summed E-state index contributed by atoms with van der Waals surface area (Å²) >= 11 is 1.22. The lowest BCUT2D eigenvalue weighted by Gasteiger charge is -2.33. The van der Waals surface area contributed by atoms with Crippen molar-refractivity contribution in [3.05, 3.63) is 21.9 Å². The second-order valence-electron chi connectivity index (χ2n) is 4.52. The molecule has 1 N–H and O–H groups in total. The van der Waals surface area contributed by atoms with Crippen molar-refractivity contribution in [3.8, 4) is 0 Å². The van der Waals surface area contributed by atoms with Crippen LogP contribution in [0, 0.1) is 0 Å². The number of aromatic carboxylic acids is 1. The second kappa shape index (κ2) is 5.58. The monoisotopic (exact) mass is 304 g/mol. The molecule has 19 heavy (non-hydrogen) atoms. The first-order chi connectivity index (χ1) is 8.88. The number of rotatable bonds is 4. The molecule has 1 fully saturated rings. The van der Waals surface area contributed by atoms with Gasteiger partial charge in [0.2, 0.25) is 10.0 Å². The highest BCUT2D eigenvalue weighted by Gasteiger charge is 2.24. The maximum Gasteiger partial charge on any atom is 0.346 e. The van der Waals surface area contributed by atoms with Crippen molar-refractivity contribution < 1.29 is 18.3 Å². The minimum atomic E-state index is -3.12. The van der Waals surface area contributed by atoms with Gasteiger partial charge in [-0.2, -0.15) is 4.31 Å². The van der Waals surface area contributed by atoms with Crippen molar-refractivity contribution in [2.45, 2.75) is 6.54 Å². The number of carboxylic acids is 1. The van der Waals surface area contributed by atoms with Crippen LogP contribution in [0.2, 0.25) is 0 Å². The number of nitrogens with zero attached hydrogens (tertiary/aromatic N) is 2. The molecule has 0 unspecified atom stereocenters. The van der Waals surface area contributed by atoms with E-state index < -0.39 is 16.0 Å². The molecule has 1 saturated heterocycles. The van der Waals surface area contributed by atoms with Crippen molar-refractivity contribution in [1.29, 1.82) is 0 Å². The zero-order valence-corrected chi connectivity index (χ0v) is 12.2. The van der Waals surface area contributed by atoms with Gasteiger partial charge >= 0.3 is 5.97 Å². The van der Waals surface area contributed by atoms with Crippen LogP contribution < -0.4 is 0 Å². The summed E-state index contributed by atoms with van der Waals surface area (Å²) in [6, 6.07) is 1.82. The van der Waals surface area contributed by atoms with Gasteiger partial charge in [-0.05, 0) is 17.0 Å². The molecule has 0 saturated carbocycles. The molecule has 0 radical (unpaired) electrons. The van der Waals surface area contributed by atoms with Gasteiger partial charge in [-0.25, -0.2) is 13.2 Å². The molecule has 0 aromatic carbocycles. The molecule has 1 aliphatic rings.